The first-order chi connectivity index (χ1) is 13.0. The van der Waals surface area contributed by atoms with Gasteiger partial charge in [0, 0.05) is 39.3 Å². The molecule has 152 valence electrons. The zero-order valence-electron chi connectivity index (χ0n) is 15.7. The van der Waals surface area contributed by atoms with Crippen LogP contribution in [0.15, 0.2) is 30.3 Å². The lowest BCUT2D eigenvalue weighted by Crippen LogP contribution is -2.51. The summed E-state index contributed by atoms with van der Waals surface area (Å²) in [5.41, 5.74) is 0.804. The van der Waals surface area contributed by atoms with Crippen molar-refractivity contribution in [3.05, 3.63) is 35.9 Å². The van der Waals surface area contributed by atoms with Crippen LogP contribution in [-0.4, -0.2) is 87.5 Å². The summed E-state index contributed by atoms with van der Waals surface area (Å²) in [6, 6.07) is 9.25. The Balaban J connectivity index is 1.36. The number of aliphatic hydroxyl groups is 1. The van der Waals surface area contributed by atoms with Gasteiger partial charge in [-0.3, -0.25) is 4.90 Å². The van der Waals surface area contributed by atoms with Gasteiger partial charge in [-0.2, -0.15) is 4.31 Å². The van der Waals surface area contributed by atoms with Crippen molar-refractivity contribution in [1.82, 2.24) is 9.21 Å². The van der Waals surface area contributed by atoms with E-state index in [0.29, 0.717) is 39.3 Å². The second-order valence-electron chi connectivity index (χ2n) is 7.27. The molecule has 2 fully saturated rings. The van der Waals surface area contributed by atoms with E-state index in [-0.39, 0.29) is 18.5 Å². The molecule has 0 spiro atoms. The lowest BCUT2D eigenvalue weighted by atomic mass is 10.2. The highest BCUT2D eigenvalue weighted by Gasteiger charge is 2.28. The molecular formula is C19H30N2O5S. The highest BCUT2D eigenvalue weighted by Crippen LogP contribution is 2.14. The molecule has 0 saturated carbocycles. The zero-order valence-corrected chi connectivity index (χ0v) is 16.5. The molecule has 0 bridgehead atoms. The fourth-order valence-corrected chi connectivity index (χ4v) is 5.04. The molecule has 1 aromatic carbocycles. The Hall–Kier alpha value is -1.03. The Morgan fingerprint density at radius 3 is 2.59 bits per heavy atom. The molecule has 1 aromatic rings. The van der Waals surface area contributed by atoms with E-state index in [1.807, 2.05) is 30.3 Å². The molecule has 7 nitrogen and oxygen atoms in total. The normalized spacial score (nSPS) is 23.5. The summed E-state index contributed by atoms with van der Waals surface area (Å²) in [4.78, 5) is 2.09. The highest BCUT2D eigenvalue weighted by molar-refractivity contribution is 7.88. The Bertz CT molecular complexity index is 656. The van der Waals surface area contributed by atoms with Gasteiger partial charge in [-0.05, 0) is 18.4 Å². The van der Waals surface area contributed by atoms with E-state index >= 15 is 0 Å². The number of sulfonamides is 1. The maximum absolute atomic E-state index is 12.6. The van der Waals surface area contributed by atoms with E-state index in [9.17, 15) is 13.5 Å². The van der Waals surface area contributed by atoms with Crippen LogP contribution in [0, 0.1) is 0 Å². The average molecular weight is 399 g/mol. The van der Waals surface area contributed by atoms with Crippen molar-refractivity contribution in [2.45, 2.75) is 30.8 Å². The summed E-state index contributed by atoms with van der Waals surface area (Å²) < 4.78 is 37.8. The van der Waals surface area contributed by atoms with Crippen LogP contribution >= 0.6 is 0 Å². The summed E-state index contributed by atoms with van der Waals surface area (Å²) in [6.07, 6.45) is 1.69. The average Bonchev–Trinajstić information content (AvgIpc) is 3.16. The van der Waals surface area contributed by atoms with Crippen molar-refractivity contribution >= 4 is 10.0 Å². The first-order valence-corrected chi connectivity index (χ1v) is 11.3. The van der Waals surface area contributed by atoms with Gasteiger partial charge in [-0.1, -0.05) is 30.3 Å². The lowest BCUT2D eigenvalue weighted by Gasteiger charge is -2.34. The second kappa shape index (κ2) is 9.95. The van der Waals surface area contributed by atoms with E-state index in [2.05, 4.69) is 4.90 Å². The van der Waals surface area contributed by atoms with Crippen LogP contribution in [0.1, 0.15) is 18.4 Å². The minimum Gasteiger partial charge on any atom is -0.389 e. The third-order valence-corrected chi connectivity index (χ3v) is 6.87. The number of β-amino-alcohol motifs (C(OH)–C–C–N with tert-alkyl or cyclic N) is 1. The van der Waals surface area contributed by atoms with Crippen molar-refractivity contribution in [3.63, 3.8) is 0 Å². The molecule has 8 heteroatoms. The monoisotopic (exact) mass is 398 g/mol. The fraction of sp³-hybridized carbons (Fsp3) is 0.684. The van der Waals surface area contributed by atoms with Crippen LogP contribution in [0.4, 0.5) is 0 Å². The third kappa shape index (κ3) is 6.51. The van der Waals surface area contributed by atoms with Gasteiger partial charge in [0.25, 0.3) is 0 Å². The molecule has 2 unspecified atom stereocenters. The number of hydrogen-bond acceptors (Lipinski definition) is 6. The fourth-order valence-electron chi connectivity index (χ4n) is 3.53. The first-order valence-electron chi connectivity index (χ1n) is 9.64. The number of aliphatic hydroxyl groups excluding tert-OH is 1. The van der Waals surface area contributed by atoms with Crippen molar-refractivity contribution in [2.75, 3.05) is 52.5 Å². The van der Waals surface area contributed by atoms with Crippen LogP contribution in [0.3, 0.4) is 0 Å². The van der Waals surface area contributed by atoms with Gasteiger partial charge >= 0.3 is 0 Å². The predicted molar refractivity (Wildman–Crippen MR) is 103 cm³/mol. The van der Waals surface area contributed by atoms with Gasteiger partial charge < -0.3 is 14.6 Å². The van der Waals surface area contributed by atoms with E-state index < -0.39 is 16.1 Å². The van der Waals surface area contributed by atoms with E-state index in [0.717, 1.165) is 25.0 Å². The number of hydrogen-bond donors (Lipinski definition) is 1. The van der Waals surface area contributed by atoms with Crippen LogP contribution in [0.2, 0.25) is 0 Å². The minimum absolute atomic E-state index is 0.0353. The van der Waals surface area contributed by atoms with Gasteiger partial charge in [0.15, 0.2) is 0 Å². The van der Waals surface area contributed by atoms with Crippen LogP contribution in [-0.2, 0) is 25.2 Å². The SMILES string of the molecule is O=S(=O)(Cc1ccccc1)N1CCN(CC(O)COCC2CCCO2)CC1. The van der Waals surface area contributed by atoms with E-state index in [1.165, 1.54) is 0 Å². The van der Waals surface area contributed by atoms with E-state index in [1.54, 1.807) is 4.31 Å². The molecule has 2 saturated heterocycles. The second-order valence-corrected chi connectivity index (χ2v) is 9.24. The summed E-state index contributed by atoms with van der Waals surface area (Å²) in [5, 5.41) is 10.2. The number of benzene rings is 1. The zero-order chi connectivity index (χ0) is 19.1. The van der Waals surface area contributed by atoms with E-state index in [4.69, 9.17) is 9.47 Å². The number of piperazine rings is 1. The number of ether oxygens (including phenoxy) is 2. The standard InChI is InChI=1S/C19H30N2O5S/c22-18(14-25-15-19-7-4-12-26-19)13-20-8-10-21(11-9-20)27(23,24)16-17-5-2-1-3-6-17/h1-3,5-6,18-19,22H,4,7-16H2. The lowest BCUT2D eigenvalue weighted by molar-refractivity contribution is -0.0270. The number of nitrogens with zero attached hydrogens (tertiary/aromatic N) is 2. The summed E-state index contributed by atoms with van der Waals surface area (Å²) in [6.45, 7) is 4.27. The minimum atomic E-state index is -3.31. The first kappa shape index (κ1) is 20.7. The van der Waals surface area contributed by atoms with Gasteiger partial charge in [0.1, 0.15) is 0 Å². The quantitative estimate of drug-likeness (QED) is 0.659. The van der Waals surface area contributed by atoms with Gasteiger partial charge in [0.2, 0.25) is 10.0 Å². The van der Waals surface area contributed by atoms with Gasteiger partial charge in [-0.15, -0.1) is 0 Å². The Labute approximate surface area is 161 Å². The summed E-state index contributed by atoms with van der Waals surface area (Å²) in [5.74, 6) is 0.0353. The molecule has 27 heavy (non-hydrogen) atoms. The molecule has 2 aliphatic rings. The van der Waals surface area contributed by atoms with Crippen molar-refractivity contribution in [1.29, 1.82) is 0 Å². The Morgan fingerprint density at radius 1 is 1.19 bits per heavy atom. The maximum Gasteiger partial charge on any atom is 0.218 e. The third-order valence-electron chi connectivity index (χ3n) is 5.02. The van der Waals surface area contributed by atoms with Gasteiger partial charge in [0.05, 0.1) is 31.2 Å². The predicted octanol–water partition coefficient (Wildman–Crippen LogP) is 0.691. The van der Waals surface area contributed by atoms with Gasteiger partial charge in [-0.25, -0.2) is 8.42 Å². The smallest absolute Gasteiger partial charge is 0.218 e. The molecule has 2 heterocycles. The maximum atomic E-state index is 12.6. The molecule has 2 atom stereocenters. The molecule has 1 N–H and O–H groups in total. The largest absolute Gasteiger partial charge is 0.389 e. The topological polar surface area (TPSA) is 79.3 Å². The van der Waals surface area contributed by atoms with Crippen molar-refractivity contribution in [3.8, 4) is 0 Å². The molecule has 0 aromatic heterocycles. The Morgan fingerprint density at radius 2 is 1.93 bits per heavy atom. The number of rotatable bonds is 9. The molecule has 0 aliphatic carbocycles. The summed E-state index contributed by atoms with van der Waals surface area (Å²) >= 11 is 0. The highest BCUT2D eigenvalue weighted by atomic mass is 32.2. The van der Waals surface area contributed by atoms with Crippen LogP contribution in [0.5, 0.6) is 0 Å². The molecule has 2 aliphatic heterocycles. The van der Waals surface area contributed by atoms with Crippen molar-refractivity contribution < 1.29 is 23.0 Å². The summed E-state index contributed by atoms with van der Waals surface area (Å²) in [7, 11) is -3.31. The Kier molecular flexibility index (Phi) is 7.63. The molecule has 3 rings (SSSR count). The molecular weight excluding hydrogens is 368 g/mol. The van der Waals surface area contributed by atoms with Crippen LogP contribution < -0.4 is 0 Å². The van der Waals surface area contributed by atoms with Crippen molar-refractivity contribution in [2.24, 2.45) is 0 Å². The molecule has 0 radical (unpaired) electrons. The molecule has 0 amide bonds. The van der Waals surface area contributed by atoms with Crippen LogP contribution in [0.25, 0.3) is 0 Å².